The third-order valence-electron chi connectivity index (χ3n) is 2.91. The highest BCUT2D eigenvalue weighted by atomic mass is 16.5. The monoisotopic (exact) mass is 264 g/mol. The van der Waals surface area contributed by atoms with Gasteiger partial charge in [0.15, 0.2) is 0 Å². The van der Waals surface area contributed by atoms with Crippen molar-refractivity contribution in [2.45, 2.75) is 32.7 Å². The number of rotatable bonds is 8. The number of ether oxygens (including phenoxy) is 1. The molecular formula is C15H24N2O2. The highest BCUT2D eigenvalue weighted by Crippen LogP contribution is 2.14. The third kappa shape index (κ3) is 5.30. The van der Waals surface area contributed by atoms with Crippen molar-refractivity contribution in [1.82, 2.24) is 0 Å². The molecule has 0 aliphatic carbocycles. The van der Waals surface area contributed by atoms with Gasteiger partial charge < -0.3 is 15.4 Å². The number of benzene rings is 1. The van der Waals surface area contributed by atoms with Gasteiger partial charge in [-0.15, -0.1) is 0 Å². The molecule has 0 spiro atoms. The Morgan fingerprint density at radius 3 is 2.58 bits per heavy atom. The Kier molecular flexibility index (Phi) is 6.97. The smallest absolute Gasteiger partial charge is 0.324 e. The van der Waals surface area contributed by atoms with Crippen molar-refractivity contribution in [2.75, 3.05) is 24.6 Å². The standard InChI is InChI=1S/C15H24N2O2/c1-3-5-11-17(13-9-7-6-8-10-13)12-14(16)15(18)19-4-2/h6-10,14H,3-5,11-12,16H2,1-2H3. The first-order valence-electron chi connectivity index (χ1n) is 6.91. The molecule has 106 valence electrons. The van der Waals surface area contributed by atoms with Crippen molar-refractivity contribution >= 4 is 11.7 Å². The van der Waals surface area contributed by atoms with E-state index in [1.54, 1.807) is 6.92 Å². The van der Waals surface area contributed by atoms with E-state index in [4.69, 9.17) is 10.5 Å². The van der Waals surface area contributed by atoms with Gasteiger partial charge in [-0.05, 0) is 25.5 Å². The van der Waals surface area contributed by atoms with Gasteiger partial charge in [-0.3, -0.25) is 4.79 Å². The Hall–Kier alpha value is -1.55. The number of esters is 1. The summed E-state index contributed by atoms with van der Waals surface area (Å²) in [7, 11) is 0. The van der Waals surface area contributed by atoms with Crippen LogP contribution in [0.5, 0.6) is 0 Å². The summed E-state index contributed by atoms with van der Waals surface area (Å²) in [6, 6.07) is 9.43. The normalized spacial score (nSPS) is 11.9. The average molecular weight is 264 g/mol. The molecule has 1 rings (SSSR count). The van der Waals surface area contributed by atoms with Crippen LogP contribution in [0.3, 0.4) is 0 Å². The lowest BCUT2D eigenvalue weighted by atomic mass is 10.2. The van der Waals surface area contributed by atoms with E-state index in [-0.39, 0.29) is 5.97 Å². The molecule has 0 aliphatic rings. The number of unbranched alkanes of at least 4 members (excludes halogenated alkanes) is 1. The Bertz CT molecular complexity index is 368. The molecular weight excluding hydrogens is 240 g/mol. The van der Waals surface area contributed by atoms with Gasteiger partial charge in [0.1, 0.15) is 6.04 Å². The van der Waals surface area contributed by atoms with Crippen LogP contribution in [0.2, 0.25) is 0 Å². The topological polar surface area (TPSA) is 55.6 Å². The van der Waals surface area contributed by atoms with Gasteiger partial charge >= 0.3 is 5.97 Å². The highest BCUT2D eigenvalue weighted by molar-refractivity contribution is 5.76. The van der Waals surface area contributed by atoms with Crippen molar-refractivity contribution in [3.63, 3.8) is 0 Å². The summed E-state index contributed by atoms with van der Waals surface area (Å²) in [5.41, 5.74) is 6.99. The number of carbonyl (C=O) groups is 1. The molecule has 0 radical (unpaired) electrons. The molecule has 0 bridgehead atoms. The zero-order valence-corrected chi connectivity index (χ0v) is 11.8. The molecule has 0 saturated heterocycles. The average Bonchev–Trinajstić information content (AvgIpc) is 2.44. The number of anilines is 1. The molecule has 0 fully saturated rings. The number of hydrogen-bond donors (Lipinski definition) is 1. The van der Waals surface area contributed by atoms with Gasteiger partial charge in [0.25, 0.3) is 0 Å². The lowest BCUT2D eigenvalue weighted by Crippen LogP contribution is -2.44. The second-order valence-corrected chi connectivity index (χ2v) is 4.49. The molecule has 2 N–H and O–H groups in total. The number of nitrogens with two attached hydrogens (primary N) is 1. The second-order valence-electron chi connectivity index (χ2n) is 4.49. The van der Waals surface area contributed by atoms with Crippen LogP contribution in [0.1, 0.15) is 26.7 Å². The Morgan fingerprint density at radius 1 is 1.32 bits per heavy atom. The largest absolute Gasteiger partial charge is 0.465 e. The summed E-state index contributed by atoms with van der Waals surface area (Å²) in [4.78, 5) is 13.8. The SMILES string of the molecule is CCCCN(CC(N)C(=O)OCC)c1ccccc1. The van der Waals surface area contributed by atoms with Crippen LogP contribution in [0, 0.1) is 0 Å². The van der Waals surface area contributed by atoms with Crippen LogP contribution in [-0.4, -0.2) is 31.7 Å². The zero-order valence-electron chi connectivity index (χ0n) is 11.8. The zero-order chi connectivity index (χ0) is 14.1. The van der Waals surface area contributed by atoms with E-state index in [2.05, 4.69) is 11.8 Å². The molecule has 4 heteroatoms. The fourth-order valence-electron chi connectivity index (χ4n) is 1.87. The van der Waals surface area contributed by atoms with Crippen LogP contribution in [0.4, 0.5) is 5.69 Å². The molecule has 0 amide bonds. The lowest BCUT2D eigenvalue weighted by molar-refractivity contribution is -0.144. The van der Waals surface area contributed by atoms with Crippen molar-refractivity contribution in [1.29, 1.82) is 0 Å². The lowest BCUT2D eigenvalue weighted by Gasteiger charge is -2.27. The molecule has 0 aliphatic heterocycles. The molecule has 1 aromatic carbocycles. The molecule has 1 atom stereocenters. The molecule has 4 nitrogen and oxygen atoms in total. The predicted octanol–water partition coefficient (Wildman–Crippen LogP) is 2.18. The maximum Gasteiger partial charge on any atom is 0.324 e. The predicted molar refractivity (Wildman–Crippen MR) is 78.2 cm³/mol. The first kappa shape index (κ1) is 15.5. The maximum absolute atomic E-state index is 11.6. The Labute approximate surface area is 115 Å². The van der Waals surface area contributed by atoms with Crippen molar-refractivity contribution in [2.24, 2.45) is 5.73 Å². The highest BCUT2D eigenvalue weighted by Gasteiger charge is 2.18. The van der Waals surface area contributed by atoms with E-state index in [0.717, 1.165) is 25.1 Å². The van der Waals surface area contributed by atoms with Gasteiger partial charge in [-0.1, -0.05) is 31.5 Å². The summed E-state index contributed by atoms with van der Waals surface area (Å²) < 4.78 is 4.95. The first-order valence-corrected chi connectivity index (χ1v) is 6.91. The van der Waals surface area contributed by atoms with Gasteiger partial charge in [0, 0.05) is 18.8 Å². The van der Waals surface area contributed by atoms with E-state index in [0.29, 0.717) is 13.2 Å². The van der Waals surface area contributed by atoms with Crippen LogP contribution >= 0.6 is 0 Å². The molecule has 0 aromatic heterocycles. The summed E-state index contributed by atoms with van der Waals surface area (Å²) in [6.07, 6.45) is 2.18. The van der Waals surface area contributed by atoms with Gasteiger partial charge in [0.2, 0.25) is 0 Å². The number of hydrogen-bond acceptors (Lipinski definition) is 4. The third-order valence-corrected chi connectivity index (χ3v) is 2.91. The quantitative estimate of drug-likeness (QED) is 0.731. The van der Waals surface area contributed by atoms with Crippen LogP contribution in [-0.2, 0) is 9.53 Å². The minimum atomic E-state index is -0.600. The van der Waals surface area contributed by atoms with Crippen LogP contribution in [0.25, 0.3) is 0 Å². The summed E-state index contributed by atoms with van der Waals surface area (Å²) >= 11 is 0. The van der Waals surface area contributed by atoms with E-state index < -0.39 is 6.04 Å². The second kappa shape index (κ2) is 8.53. The number of carbonyl (C=O) groups excluding carboxylic acids is 1. The number of para-hydroxylation sites is 1. The maximum atomic E-state index is 11.6. The minimum Gasteiger partial charge on any atom is -0.465 e. The fourth-order valence-corrected chi connectivity index (χ4v) is 1.87. The summed E-state index contributed by atoms with van der Waals surface area (Å²) in [5.74, 6) is -0.333. The molecule has 0 saturated carbocycles. The van der Waals surface area contributed by atoms with Gasteiger partial charge in [-0.2, -0.15) is 0 Å². The van der Waals surface area contributed by atoms with E-state index >= 15 is 0 Å². The van der Waals surface area contributed by atoms with Crippen molar-refractivity contribution in [3.8, 4) is 0 Å². The van der Waals surface area contributed by atoms with Crippen LogP contribution < -0.4 is 10.6 Å². The Morgan fingerprint density at radius 2 is 2.00 bits per heavy atom. The minimum absolute atomic E-state index is 0.333. The summed E-state index contributed by atoms with van der Waals surface area (Å²) in [6.45, 7) is 5.69. The van der Waals surface area contributed by atoms with Crippen LogP contribution in [0.15, 0.2) is 30.3 Å². The summed E-state index contributed by atoms with van der Waals surface area (Å²) in [5, 5.41) is 0. The van der Waals surface area contributed by atoms with E-state index in [9.17, 15) is 4.79 Å². The van der Waals surface area contributed by atoms with Gasteiger partial charge in [0.05, 0.1) is 6.61 Å². The molecule has 0 heterocycles. The van der Waals surface area contributed by atoms with E-state index in [1.807, 2.05) is 30.3 Å². The van der Waals surface area contributed by atoms with Crippen molar-refractivity contribution < 1.29 is 9.53 Å². The fraction of sp³-hybridized carbons (Fsp3) is 0.533. The van der Waals surface area contributed by atoms with E-state index in [1.165, 1.54) is 0 Å². The molecule has 19 heavy (non-hydrogen) atoms. The number of nitrogens with zero attached hydrogens (tertiary/aromatic N) is 1. The van der Waals surface area contributed by atoms with Gasteiger partial charge in [-0.25, -0.2) is 0 Å². The van der Waals surface area contributed by atoms with Crippen molar-refractivity contribution in [3.05, 3.63) is 30.3 Å². The molecule has 1 unspecified atom stereocenters. The first-order chi connectivity index (χ1) is 9.19. The molecule has 1 aromatic rings. The Balaban J connectivity index is 2.67.